The monoisotopic (exact) mass is 403 g/mol. The maximum absolute atomic E-state index is 5.14. The van der Waals surface area contributed by atoms with Crippen molar-refractivity contribution in [2.24, 2.45) is 4.99 Å². The number of guanidine groups is 1. The Morgan fingerprint density at radius 1 is 1.43 bits per heavy atom. The van der Waals surface area contributed by atoms with Crippen LogP contribution in [0, 0.1) is 0 Å². The van der Waals surface area contributed by atoms with Gasteiger partial charge >= 0.3 is 0 Å². The van der Waals surface area contributed by atoms with E-state index in [2.05, 4.69) is 42.1 Å². The van der Waals surface area contributed by atoms with Gasteiger partial charge in [-0.05, 0) is 29.9 Å². The van der Waals surface area contributed by atoms with E-state index in [1.165, 1.54) is 12.0 Å². The molecule has 0 amide bonds. The summed E-state index contributed by atoms with van der Waals surface area (Å²) >= 11 is 1.89. The Hall–Kier alpha value is -1.97. The van der Waals surface area contributed by atoms with Crippen LogP contribution in [-0.4, -0.2) is 65.5 Å². The molecular formula is C19H29N7OS. The van der Waals surface area contributed by atoms with Crippen molar-refractivity contribution in [1.82, 2.24) is 30.3 Å². The Balaban J connectivity index is 1.23. The van der Waals surface area contributed by atoms with E-state index in [0.717, 1.165) is 63.2 Å². The molecule has 0 aliphatic carbocycles. The molecule has 0 spiro atoms. The second kappa shape index (κ2) is 9.02. The second-order valence-corrected chi connectivity index (χ2v) is 8.33. The van der Waals surface area contributed by atoms with Crippen LogP contribution in [0.2, 0.25) is 0 Å². The van der Waals surface area contributed by atoms with Crippen LogP contribution < -0.4 is 10.6 Å². The van der Waals surface area contributed by atoms with Gasteiger partial charge in [0.05, 0.1) is 6.54 Å². The predicted octanol–water partition coefficient (Wildman–Crippen LogP) is 1.02. The average molecular weight is 404 g/mol. The van der Waals surface area contributed by atoms with Gasteiger partial charge in [0, 0.05) is 57.7 Å². The molecule has 9 heteroatoms. The summed E-state index contributed by atoms with van der Waals surface area (Å²) in [6, 6.07) is 2.57. The molecular weight excluding hydrogens is 374 g/mol. The lowest BCUT2D eigenvalue weighted by atomic mass is 10.1. The van der Waals surface area contributed by atoms with E-state index in [0.29, 0.717) is 12.6 Å². The highest BCUT2D eigenvalue weighted by Crippen LogP contribution is 2.23. The number of fused-ring (bicyclic) bond motifs is 2. The van der Waals surface area contributed by atoms with Gasteiger partial charge in [-0.1, -0.05) is 0 Å². The molecule has 0 saturated heterocycles. The zero-order valence-corrected chi connectivity index (χ0v) is 17.5. The number of nitrogens with one attached hydrogen (secondary N) is 2. The molecule has 4 heterocycles. The Bertz CT molecular complexity index is 815. The predicted molar refractivity (Wildman–Crippen MR) is 111 cm³/mol. The number of hydrogen-bond donors (Lipinski definition) is 2. The van der Waals surface area contributed by atoms with E-state index in [4.69, 9.17) is 4.74 Å². The quantitative estimate of drug-likeness (QED) is 0.554. The van der Waals surface area contributed by atoms with Gasteiger partial charge in [-0.3, -0.25) is 9.89 Å². The van der Waals surface area contributed by atoms with Gasteiger partial charge in [0.15, 0.2) is 11.8 Å². The summed E-state index contributed by atoms with van der Waals surface area (Å²) in [6.07, 6.45) is 3.12. The van der Waals surface area contributed by atoms with Crippen molar-refractivity contribution >= 4 is 17.3 Å². The summed E-state index contributed by atoms with van der Waals surface area (Å²) in [7, 11) is 3.50. The molecule has 1 unspecified atom stereocenters. The van der Waals surface area contributed by atoms with Gasteiger partial charge < -0.3 is 15.4 Å². The van der Waals surface area contributed by atoms with Gasteiger partial charge in [0.1, 0.15) is 12.4 Å². The first-order valence-corrected chi connectivity index (χ1v) is 10.8. The maximum atomic E-state index is 5.14. The Morgan fingerprint density at radius 2 is 2.36 bits per heavy atom. The minimum absolute atomic E-state index is 0.305. The summed E-state index contributed by atoms with van der Waals surface area (Å²) in [5.74, 6) is 2.67. The van der Waals surface area contributed by atoms with Gasteiger partial charge in [-0.2, -0.15) is 5.10 Å². The molecule has 152 valence electrons. The molecule has 2 aliphatic rings. The number of rotatable bonds is 6. The third-order valence-electron chi connectivity index (χ3n) is 5.35. The molecule has 2 aliphatic heterocycles. The fraction of sp³-hybridized carbons (Fsp3) is 0.632. The van der Waals surface area contributed by atoms with E-state index in [9.17, 15) is 0 Å². The molecule has 4 rings (SSSR count). The SMILES string of the molecule is CN=C(NCCN1CCc2sccc2C1)NC1CCc2nc(COC)nn2C1. The molecule has 1 atom stereocenters. The molecule has 0 saturated carbocycles. The van der Waals surface area contributed by atoms with Crippen LogP contribution >= 0.6 is 11.3 Å². The number of hydrogen-bond acceptors (Lipinski definition) is 6. The minimum atomic E-state index is 0.305. The number of aliphatic imine (C=N–C) groups is 1. The fourth-order valence-corrected chi connectivity index (χ4v) is 4.78. The first-order chi connectivity index (χ1) is 13.7. The Morgan fingerprint density at radius 3 is 3.21 bits per heavy atom. The number of ether oxygens (including phenoxy) is 1. The van der Waals surface area contributed by atoms with Crippen molar-refractivity contribution in [2.45, 2.75) is 45.0 Å². The molecule has 0 fully saturated rings. The first kappa shape index (κ1) is 19.4. The van der Waals surface area contributed by atoms with Gasteiger partial charge in [-0.15, -0.1) is 11.3 Å². The van der Waals surface area contributed by atoms with Gasteiger partial charge in [0.25, 0.3) is 0 Å². The Labute approximate surface area is 170 Å². The number of nitrogens with zero attached hydrogens (tertiary/aromatic N) is 5. The Kier molecular flexibility index (Phi) is 6.23. The molecule has 2 N–H and O–H groups in total. The third kappa shape index (κ3) is 4.53. The van der Waals surface area contributed by atoms with E-state index in [1.807, 2.05) is 23.1 Å². The van der Waals surface area contributed by atoms with Crippen LogP contribution in [-0.2, 0) is 37.3 Å². The van der Waals surface area contributed by atoms with Crippen LogP contribution in [0.1, 0.15) is 28.5 Å². The van der Waals surface area contributed by atoms with Crippen LogP contribution in [0.15, 0.2) is 16.4 Å². The zero-order valence-electron chi connectivity index (χ0n) is 16.6. The summed E-state index contributed by atoms with van der Waals surface area (Å²) in [5.41, 5.74) is 1.50. The van der Waals surface area contributed by atoms with E-state index in [-0.39, 0.29) is 0 Å². The lowest BCUT2D eigenvalue weighted by Crippen LogP contribution is -2.48. The molecule has 0 aromatic carbocycles. The summed E-state index contributed by atoms with van der Waals surface area (Å²) in [4.78, 5) is 13.0. The van der Waals surface area contributed by atoms with E-state index >= 15 is 0 Å². The maximum Gasteiger partial charge on any atom is 0.191 e. The number of thiophene rings is 1. The molecule has 28 heavy (non-hydrogen) atoms. The highest BCUT2D eigenvalue weighted by molar-refractivity contribution is 7.10. The molecule has 0 radical (unpaired) electrons. The topological polar surface area (TPSA) is 79.6 Å². The highest BCUT2D eigenvalue weighted by Gasteiger charge is 2.22. The van der Waals surface area contributed by atoms with Crippen LogP contribution in [0.4, 0.5) is 0 Å². The summed E-state index contributed by atoms with van der Waals surface area (Å²) in [5, 5.41) is 13.8. The fourth-order valence-electron chi connectivity index (χ4n) is 3.89. The number of aromatic nitrogens is 3. The summed E-state index contributed by atoms with van der Waals surface area (Å²) in [6.45, 7) is 5.38. The normalized spacial score (nSPS) is 19.9. The average Bonchev–Trinajstić information content (AvgIpc) is 3.32. The van der Waals surface area contributed by atoms with E-state index < -0.39 is 0 Å². The lowest BCUT2D eigenvalue weighted by Gasteiger charge is -2.28. The minimum Gasteiger partial charge on any atom is -0.377 e. The van der Waals surface area contributed by atoms with Crippen molar-refractivity contribution in [3.63, 3.8) is 0 Å². The molecule has 0 bridgehead atoms. The van der Waals surface area contributed by atoms with Gasteiger partial charge in [-0.25, -0.2) is 9.67 Å². The van der Waals surface area contributed by atoms with E-state index in [1.54, 1.807) is 12.0 Å². The van der Waals surface area contributed by atoms with Crippen molar-refractivity contribution in [3.8, 4) is 0 Å². The largest absolute Gasteiger partial charge is 0.377 e. The third-order valence-corrected chi connectivity index (χ3v) is 6.37. The van der Waals surface area contributed by atoms with Crippen LogP contribution in [0.5, 0.6) is 0 Å². The molecule has 8 nitrogen and oxygen atoms in total. The number of methoxy groups -OCH3 is 1. The smallest absolute Gasteiger partial charge is 0.191 e. The van der Waals surface area contributed by atoms with Crippen LogP contribution in [0.25, 0.3) is 0 Å². The van der Waals surface area contributed by atoms with Crippen molar-refractivity contribution < 1.29 is 4.74 Å². The molecule has 2 aromatic rings. The second-order valence-electron chi connectivity index (χ2n) is 7.33. The first-order valence-electron chi connectivity index (χ1n) is 9.91. The number of aryl methyl sites for hydroxylation is 1. The molecule has 2 aromatic heterocycles. The van der Waals surface area contributed by atoms with Crippen LogP contribution in [0.3, 0.4) is 0 Å². The van der Waals surface area contributed by atoms with Gasteiger partial charge in [0.2, 0.25) is 0 Å². The highest BCUT2D eigenvalue weighted by atomic mass is 32.1. The standard InChI is InChI=1S/C19H29N7OS/c1-20-19(21-7-9-25-8-5-16-14(11-25)6-10-28-16)22-15-3-4-18-23-17(13-27-2)24-26(18)12-15/h6,10,15H,3-5,7-9,11-13H2,1-2H3,(H2,20,21,22). The van der Waals surface area contributed by atoms with Crippen molar-refractivity contribution in [1.29, 1.82) is 0 Å². The zero-order chi connectivity index (χ0) is 19.3. The summed E-state index contributed by atoms with van der Waals surface area (Å²) < 4.78 is 7.13. The lowest BCUT2D eigenvalue weighted by molar-refractivity contribution is 0.177. The van der Waals surface area contributed by atoms with Crippen molar-refractivity contribution in [2.75, 3.05) is 33.8 Å². The van der Waals surface area contributed by atoms with Crippen molar-refractivity contribution in [3.05, 3.63) is 33.5 Å².